The topological polar surface area (TPSA) is 130 Å². The molecule has 0 aromatic carbocycles. The molecule has 206 valence electrons. The maximum atomic E-state index is 13.0. The van der Waals surface area contributed by atoms with Crippen molar-refractivity contribution >= 4 is 28.3 Å². The van der Waals surface area contributed by atoms with Gasteiger partial charge in [0.15, 0.2) is 5.13 Å². The highest BCUT2D eigenvalue weighted by Crippen LogP contribution is 2.57. The molecule has 1 saturated heterocycles. The van der Waals surface area contributed by atoms with Crippen LogP contribution in [0.4, 0.5) is 5.13 Å². The van der Waals surface area contributed by atoms with Gasteiger partial charge in [0.1, 0.15) is 5.69 Å². The van der Waals surface area contributed by atoms with Gasteiger partial charge in [-0.2, -0.15) is 0 Å². The first kappa shape index (κ1) is 27.1. The summed E-state index contributed by atoms with van der Waals surface area (Å²) in [5, 5.41) is 18.2. The maximum Gasteiger partial charge on any atom is 0.277 e. The number of hydrogen-bond acceptors (Lipinski definition) is 9. The van der Waals surface area contributed by atoms with Crippen LogP contribution >= 0.6 is 11.3 Å². The van der Waals surface area contributed by atoms with Crippen molar-refractivity contribution in [1.29, 1.82) is 0 Å². The first-order valence-electron chi connectivity index (χ1n) is 13.6. The molecular formula is C27H38N6O4S. The third-order valence-corrected chi connectivity index (χ3v) is 9.81. The number of nitrogens with one attached hydrogen (secondary N) is 2. The molecule has 1 saturated carbocycles. The number of carbonyl (C=O) groups excluding carboxylic acids is 2. The van der Waals surface area contributed by atoms with Gasteiger partial charge in [0, 0.05) is 55.3 Å². The lowest BCUT2D eigenvalue weighted by atomic mass is 9.53. The highest BCUT2D eigenvalue weighted by molar-refractivity contribution is 7.15. The molecule has 2 fully saturated rings. The van der Waals surface area contributed by atoms with Crippen LogP contribution in [0.2, 0.25) is 0 Å². The predicted molar refractivity (Wildman–Crippen MR) is 144 cm³/mol. The molecule has 2 aliphatic carbocycles. The van der Waals surface area contributed by atoms with Gasteiger partial charge in [-0.15, -0.1) is 11.3 Å². The van der Waals surface area contributed by atoms with E-state index >= 15 is 0 Å². The van der Waals surface area contributed by atoms with Gasteiger partial charge in [-0.1, -0.05) is 20.8 Å². The minimum atomic E-state index is -0.601. The summed E-state index contributed by atoms with van der Waals surface area (Å²) in [6.07, 6.45) is 6.39. The Labute approximate surface area is 227 Å². The average molecular weight is 543 g/mol. The Hall–Kier alpha value is -2.47. The first-order valence-corrected chi connectivity index (χ1v) is 14.4. The summed E-state index contributed by atoms with van der Waals surface area (Å²) in [6.45, 7) is 11.0. The molecular weight excluding hydrogens is 504 g/mol. The third-order valence-electron chi connectivity index (χ3n) is 8.83. The third kappa shape index (κ3) is 5.47. The van der Waals surface area contributed by atoms with Crippen LogP contribution in [0.1, 0.15) is 60.6 Å². The quantitative estimate of drug-likeness (QED) is 0.486. The highest BCUT2D eigenvalue weighted by Gasteiger charge is 2.53. The monoisotopic (exact) mass is 542 g/mol. The van der Waals surface area contributed by atoms with E-state index in [1.807, 2.05) is 6.92 Å². The molecule has 2 aromatic heterocycles. The number of carbonyl (C=O) groups is 2. The zero-order valence-corrected chi connectivity index (χ0v) is 23.2. The minimum absolute atomic E-state index is 0.0107. The fourth-order valence-electron chi connectivity index (χ4n) is 6.69. The molecule has 0 spiro atoms. The Morgan fingerprint density at radius 3 is 2.84 bits per heavy atom. The summed E-state index contributed by atoms with van der Waals surface area (Å²) >= 11 is 1.50. The molecule has 6 atom stereocenters. The molecule has 3 heterocycles. The van der Waals surface area contributed by atoms with E-state index < -0.39 is 6.10 Å². The van der Waals surface area contributed by atoms with E-state index in [1.165, 1.54) is 29.9 Å². The van der Waals surface area contributed by atoms with Gasteiger partial charge in [0.25, 0.3) is 5.91 Å². The van der Waals surface area contributed by atoms with Crippen molar-refractivity contribution in [1.82, 2.24) is 25.2 Å². The second-order valence-electron chi connectivity index (χ2n) is 11.2. The van der Waals surface area contributed by atoms with Gasteiger partial charge in [-0.25, -0.2) is 9.97 Å². The summed E-state index contributed by atoms with van der Waals surface area (Å²) in [5.41, 5.74) is 1.09. The Morgan fingerprint density at radius 1 is 1.32 bits per heavy atom. The zero-order valence-electron chi connectivity index (χ0n) is 22.4. The fourth-order valence-corrected chi connectivity index (χ4v) is 7.95. The molecule has 3 aliphatic rings. The van der Waals surface area contributed by atoms with Crippen molar-refractivity contribution in [3.8, 4) is 0 Å². The van der Waals surface area contributed by atoms with Crippen molar-refractivity contribution in [2.24, 2.45) is 23.2 Å². The van der Waals surface area contributed by atoms with E-state index in [0.717, 1.165) is 62.7 Å². The van der Waals surface area contributed by atoms with Crippen molar-refractivity contribution < 1.29 is 19.4 Å². The number of ether oxygens (including phenoxy) is 1. The summed E-state index contributed by atoms with van der Waals surface area (Å²) in [5.74, 6) is -0.702. The van der Waals surface area contributed by atoms with E-state index in [1.54, 1.807) is 0 Å². The van der Waals surface area contributed by atoms with Crippen LogP contribution in [0.5, 0.6) is 0 Å². The number of hydrogen-bond donors (Lipinski definition) is 3. The van der Waals surface area contributed by atoms with Crippen molar-refractivity contribution in [3.05, 3.63) is 34.9 Å². The lowest BCUT2D eigenvalue weighted by Crippen LogP contribution is -2.53. The van der Waals surface area contributed by atoms with Crippen molar-refractivity contribution in [2.45, 2.75) is 52.1 Å². The van der Waals surface area contributed by atoms with Gasteiger partial charge in [0.05, 0.1) is 31.2 Å². The van der Waals surface area contributed by atoms with E-state index in [4.69, 9.17) is 9.72 Å². The number of fused-ring (bicyclic) bond motifs is 2. The first-order chi connectivity index (χ1) is 18.3. The number of aliphatic hydroxyl groups is 1. The zero-order chi connectivity index (χ0) is 26.9. The van der Waals surface area contributed by atoms with Crippen LogP contribution in [-0.2, 0) is 16.0 Å². The van der Waals surface area contributed by atoms with Crippen molar-refractivity contribution in [2.75, 3.05) is 44.7 Å². The number of aliphatic hydroxyl groups excluding tert-OH is 1. The Bertz CT molecular complexity index is 1140. The maximum absolute atomic E-state index is 13.0. The van der Waals surface area contributed by atoms with Gasteiger partial charge in [-0.3, -0.25) is 24.8 Å². The van der Waals surface area contributed by atoms with Crippen LogP contribution in [0.3, 0.4) is 0 Å². The van der Waals surface area contributed by atoms with E-state index in [2.05, 4.69) is 39.3 Å². The molecule has 0 unspecified atom stereocenters. The van der Waals surface area contributed by atoms with Crippen LogP contribution < -0.4 is 10.6 Å². The number of amides is 2. The smallest absolute Gasteiger partial charge is 0.277 e. The summed E-state index contributed by atoms with van der Waals surface area (Å²) < 4.78 is 5.39. The van der Waals surface area contributed by atoms with E-state index in [9.17, 15) is 14.7 Å². The molecule has 11 heteroatoms. The average Bonchev–Trinajstić information content (AvgIpc) is 3.31. The Kier molecular flexibility index (Phi) is 8.08. The Balaban J connectivity index is 1.24. The summed E-state index contributed by atoms with van der Waals surface area (Å²) in [7, 11) is 0. The minimum Gasteiger partial charge on any atom is -0.392 e. The van der Waals surface area contributed by atoms with Crippen LogP contribution in [0.25, 0.3) is 0 Å². The Morgan fingerprint density at radius 2 is 2.11 bits per heavy atom. The molecule has 1 aliphatic heterocycles. The lowest BCUT2D eigenvalue weighted by molar-refractivity contribution is -0.134. The molecule has 2 amide bonds. The van der Waals surface area contributed by atoms with Gasteiger partial charge in [-0.05, 0) is 36.5 Å². The number of rotatable bonds is 7. The molecule has 5 rings (SSSR count). The number of anilines is 1. The molecule has 38 heavy (non-hydrogen) atoms. The van der Waals surface area contributed by atoms with Crippen molar-refractivity contribution in [3.63, 3.8) is 0 Å². The highest BCUT2D eigenvalue weighted by atomic mass is 32.1. The largest absolute Gasteiger partial charge is 0.392 e. The normalized spacial score (nSPS) is 30.1. The van der Waals surface area contributed by atoms with Crippen LogP contribution in [0, 0.1) is 23.2 Å². The van der Waals surface area contributed by atoms with Gasteiger partial charge < -0.3 is 15.2 Å². The standard InChI is InChI=1S/C27H38N6O4S/c1-16(24(35)30-8-9-33-10-12-37-13-11-33)18-4-5-27(3)14-20-22(17(2)21(27)23(18)34)31-26(38-20)32-25(36)19-15-28-6-7-29-19/h6-7,15-18,21,23,34H,4-5,8-14H2,1-3H3,(H,30,35)(H,31,32,36)/t16-,17-,18+,21+,23-,27+/m0/s1. The van der Waals surface area contributed by atoms with Crippen LogP contribution in [-0.4, -0.2) is 82.3 Å². The van der Waals surface area contributed by atoms with E-state index in [-0.39, 0.29) is 46.6 Å². The molecule has 2 aromatic rings. The number of morpholine rings is 1. The molecule has 0 radical (unpaired) electrons. The van der Waals surface area contributed by atoms with Gasteiger partial charge >= 0.3 is 0 Å². The number of aromatic nitrogens is 3. The summed E-state index contributed by atoms with van der Waals surface area (Å²) in [6, 6.07) is 0. The second-order valence-corrected chi connectivity index (χ2v) is 12.3. The predicted octanol–water partition coefficient (Wildman–Crippen LogP) is 2.32. The number of thiazole rings is 1. The second kappa shape index (κ2) is 11.3. The molecule has 3 N–H and O–H groups in total. The van der Waals surface area contributed by atoms with Crippen LogP contribution in [0.15, 0.2) is 18.6 Å². The van der Waals surface area contributed by atoms with E-state index in [0.29, 0.717) is 11.7 Å². The SMILES string of the molecule is C[C@H](C(=O)NCCN1CCOCC1)[C@H]1CC[C@]2(C)Cc3sc(NC(=O)c4cnccn4)nc3[C@@H](C)[C@@H]2[C@H]1O. The fraction of sp³-hybridized carbons (Fsp3) is 0.667. The molecule has 10 nitrogen and oxygen atoms in total. The lowest BCUT2D eigenvalue weighted by Gasteiger charge is -2.53. The summed E-state index contributed by atoms with van der Waals surface area (Å²) in [4.78, 5) is 41.9. The molecule has 0 bridgehead atoms. The van der Waals surface area contributed by atoms with Gasteiger partial charge in [0.2, 0.25) is 5.91 Å². The number of nitrogens with zero attached hydrogens (tertiary/aromatic N) is 4.